The van der Waals surface area contributed by atoms with E-state index in [0.29, 0.717) is 0 Å². The maximum Gasteiger partial charge on any atom is 0.247 e. The largest absolute Gasteiger partial charge is 0.395 e. The molecule has 1 amide bonds. The van der Waals surface area contributed by atoms with Crippen molar-refractivity contribution in [2.24, 2.45) is 0 Å². The summed E-state index contributed by atoms with van der Waals surface area (Å²) in [7, 11) is 0. The summed E-state index contributed by atoms with van der Waals surface area (Å²) in [6.45, 7) is 0.180. The number of nitrogens with one attached hydrogen (secondary N) is 2. The average Bonchev–Trinajstić information content (AvgIpc) is 2.18. The maximum atomic E-state index is 11.1. The van der Waals surface area contributed by atoms with Crippen molar-refractivity contribution in [2.75, 3.05) is 13.2 Å². The number of amides is 1. The van der Waals surface area contributed by atoms with Crippen LogP contribution < -0.4 is 10.9 Å². The van der Waals surface area contributed by atoms with Crippen LogP contribution in [0.15, 0.2) is 23.1 Å². The molecule has 0 radical (unpaired) electrons. The molecule has 0 saturated carbocycles. The normalized spacial score (nSPS) is 9.79. The first-order valence-electron chi connectivity index (χ1n) is 4.27. The van der Waals surface area contributed by atoms with E-state index in [0.717, 1.165) is 5.56 Å². The van der Waals surface area contributed by atoms with Crippen LogP contribution >= 0.6 is 0 Å². The van der Waals surface area contributed by atoms with Gasteiger partial charge in [0.2, 0.25) is 11.5 Å². The number of carbonyl (C=O) groups is 1. The van der Waals surface area contributed by atoms with Gasteiger partial charge in [-0.2, -0.15) is 0 Å². The van der Waals surface area contributed by atoms with Crippen molar-refractivity contribution in [1.29, 1.82) is 0 Å². The van der Waals surface area contributed by atoms with Crippen LogP contribution in [0.25, 0.3) is 0 Å². The number of pyridine rings is 1. The maximum absolute atomic E-state index is 11.1. The first-order chi connectivity index (χ1) is 6.72. The molecule has 1 heterocycles. The third kappa shape index (κ3) is 3.40. The number of H-pyrrole nitrogens is 1. The van der Waals surface area contributed by atoms with Crippen LogP contribution in [0.5, 0.6) is 0 Å². The van der Waals surface area contributed by atoms with Gasteiger partial charge >= 0.3 is 0 Å². The Hall–Kier alpha value is -1.62. The lowest BCUT2D eigenvalue weighted by atomic mass is 10.2. The highest BCUT2D eigenvalue weighted by molar-refractivity contribution is 5.78. The van der Waals surface area contributed by atoms with Gasteiger partial charge in [0.1, 0.15) is 0 Å². The molecule has 0 bridgehead atoms. The van der Waals surface area contributed by atoms with Gasteiger partial charge in [0.05, 0.1) is 13.0 Å². The summed E-state index contributed by atoms with van der Waals surface area (Å²) >= 11 is 0. The third-order valence-electron chi connectivity index (χ3n) is 1.65. The molecule has 0 aromatic carbocycles. The zero-order chi connectivity index (χ0) is 10.4. The molecule has 1 aromatic heterocycles. The van der Waals surface area contributed by atoms with Gasteiger partial charge in [0.25, 0.3) is 0 Å². The molecule has 0 aliphatic carbocycles. The van der Waals surface area contributed by atoms with Crippen molar-refractivity contribution in [2.45, 2.75) is 6.42 Å². The predicted octanol–water partition coefficient (Wildman–Crippen LogP) is -0.974. The number of hydrogen-bond acceptors (Lipinski definition) is 3. The van der Waals surface area contributed by atoms with Crippen molar-refractivity contribution in [3.05, 3.63) is 34.2 Å². The predicted molar refractivity (Wildman–Crippen MR) is 50.9 cm³/mol. The summed E-state index contributed by atoms with van der Waals surface area (Å²) in [6, 6.07) is 2.96. The second-order valence-electron chi connectivity index (χ2n) is 2.81. The number of aliphatic hydroxyl groups is 1. The summed E-state index contributed by atoms with van der Waals surface area (Å²) in [6.07, 6.45) is 1.71. The van der Waals surface area contributed by atoms with E-state index in [1.54, 1.807) is 6.07 Å². The Labute approximate surface area is 80.8 Å². The van der Waals surface area contributed by atoms with Gasteiger partial charge in [-0.3, -0.25) is 9.59 Å². The molecular formula is C9H12N2O3. The second kappa shape index (κ2) is 5.18. The molecule has 0 fully saturated rings. The number of carbonyl (C=O) groups excluding carboxylic acids is 1. The van der Waals surface area contributed by atoms with Crippen LogP contribution in [0.4, 0.5) is 0 Å². The second-order valence-corrected chi connectivity index (χ2v) is 2.81. The summed E-state index contributed by atoms with van der Waals surface area (Å²) in [5, 5.41) is 11.0. The lowest BCUT2D eigenvalue weighted by Crippen LogP contribution is -2.28. The molecule has 0 saturated heterocycles. The SMILES string of the molecule is O=C(Cc1ccc(=O)[nH]c1)NCCO. The van der Waals surface area contributed by atoms with E-state index in [-0.39, 0.29) is 31.0 Å². The van der Waals surface area contributed by atoms with Gasteiger partial charge in [-0.05, 0) is 5.56 Å². The number of rotatable bonds is 4. The Morgan fingerprint density at radius 2 is 2.29 bits per heavy atom. The van der Waals surface area contributed by atoms with Gasteiger partial charge in [-0.1, -0.05) is 6.07 Å². The minimum atomic E-state index is -0.190. The fraction of sp³-hybridized carbons (Fsp3) is 0.333. The fourth-order valence-corrected chi connectivity index (χ4v) is 0.996. The minimum Gasteiger partial charge on any atom is -0.395 e. The molecule has 14 heavy (non-hydrogen) atoms. The summed E-state index contributed by atoms with van der Waals surface area (Å²) < 4.78 is 0. The average molecular weight is 196 g/mol. The van der Waals surface area contributed by atoms with Crippen LogP contribution in [0.3, 0.4) is 0 Å². The number of aromatic nitrogens is 1. The van der Waals surface area contributed by atoms with Gasteiger partial charge in [0, 0.05) is 18.8 Å². The molecule has 1 rings (SSSR count). The monoisotopic (exact) mass is 196 g/mol. The minimum absolute atomic E-state index is 0.0721. The van der Waals surface area contributed by atoms with Gasteiger partial charge in [-0.15, -0.1) is 0 Å². The van der Waals surface area contributed by atoms with Crippen molar-refractivity contribution in [1.82, 2.24) is 10.3 Å². The van der Waals surface area contributed by atoms with Crippen molar-refractivity contribution >= 4 is 5.91 Å². The molecule has 5 heteroatoms. The molecule has 0 aliphatic rings. The lowest BCUT2D eigenvalue weighted by molar-refractivity contribution is -0.120. The molecule has 0 spiro atoms. The molecule has 5 nitrogen and oxygen atoms in total. The molecule has 0 unspecified atom stereocenters. The van der Waals surface area contributed by atoms with Crippen molar-refractivity contribution in [3.8, 4) is 0 Å². The van der Waals surface area contributed by atoms with Crippen LogP contribution in [0.2, 0.25) is 0 Å². The van der Waals surface area contributed by atoms with E-state index in [2.05, 4.69) is 10.3 Å². The number of hydrogen-bond donors (Lipinski definition) is 3. The van der Waals surface area contributed by atoms with Crippen LogP contribution in [-0.4, -0.2) is 29.1 Å². The zero-order valence-electron chi connectivity index (χ0n) is 7.62. The highest BCUT2D eigenvalue weighted by Crippen LogP contribution is 1.93. The Bertz CT molecular complexity index is 339. The van der Waals surface area contributed by atoms with Crippen LogP contribution in [-0.2, 0) is 11.2 Å². The Kier molecular flexibility index (Phi) is 3.87. The standard InChI is InChI=1S/C9H12N2O3/c12-4-3-10-9(14)5-7-1-2-8(13)11-6-7/h1-2,6,12H,3-5H2,(H,10,14)(H,11,13). The van der Waals surface area contributed by atoms with E-state index >= 15 is 0 Å². The Morgan fingerprint density at radius 3 is 2.86 bits per heavy atom. The van der Waals surface area contributed by atoms with Gasteiger partial charge in [-0.25, -0.2) is 0 Å². The molecule has 76 valence electrons. The van der Waals surface area contributed by atoms with E-state index in [1.807, 2.05) is 0 Å². The molecule has 0 aliphatic heterocycles. The molecular weight excluding hydrogens is 184 g/mol. The van der Waals surface area contributed by atoms with Crippen LogP contribution in [0.1, 0.15) is 5.56 Å². The first-order valence-corrected chi connectivity index (χ1v) is 4.27. The number of aliphatic hydroxyl groups excluding tert-OH is 1. The third-order valence-corrected chi connectivity index (χ3v) is 1.65. The summed E-state index contributed by atoms with van der Waals surface area (Å²) in [5.41, 5.74) is 0.546. The van der Waals surface area contributed by atoms with E-state index in [4.69, 9.17) is 5.11 Å². The van der Waals surface area contributed by atoms with E-state index < -0.39 is 0 Å². The lowest BCUT2D eigenvalue weighted by Gasteiger charge is -2.02. The molecule has 0 atom stereocenters. The first kappa shape index (κ1) is 10.5. The highest BCUT2D eigenvalue weighted by Gasteiger charge is 2.01. The number of aromatic amines is 1. The zero-order valence-corrected chi connectivity index (χ0v) is 7.62. The van der Waals surface area contributed by atoms with Crippen molar-refractivity contribution in [3.63, 3.8) is 0 Å². The van der Waals surface area contributed by atoms with Gasteiger partial charge < -0.3 is 15.4 Å². The quantitative estimate of drug-likeness (QED) is 0.579. The van der Waals surface area contributed by atoms with Crippen LogP contribution in [0, 0.1) is 0 Å². The van der Waals surface area contributed by atoms with Gasteiger partial charge in [0.15, 0.2) is 0 Å². The van der Waals surface area contributed by atoms with E-state index in [1.165, 1.54) is 12.3 Å². The molecule has 3 N–H and O–H groups in total. The smallest absolute Gasteiger partial charge is 0.247 e. The topological polar surface area (TPSA) is 82.2 Å². The summed E-state index contributed by atoms with van der Waals surface area (Å²) in [4.78, 5) is 24.3. The highest BCUT2D eigenvalue weighted by atomic mass is 16.3. The van der Waals surface area contributed by atoms with Crippen molar-refractivity contribution < 1.29 is 9.90 Å². The van der Waals surface area contributed by atoms with E-state index in [9.17, 15) is 9.59 Å². The summed E-state index contributed by atoms with van der Waals surface area (Å²) in [5.74, 6) is -0.175. The molecule has 1 aromatic rings. The Morgan fingerprint density at radius 1 is 1.50 bits per heavy atom. The Balaban J connectivity index is 2.48. The fourth-order valence-electron chi connectivity index (χ4n) is 0.996.